The molecule has 2 aliphatic carbocycles. The van der Waals surface area contributed by atoms with Crippen molar-refractivity contribution in [1.82, 2.24) is 9.80 Å². The van der Waals surface area contributed by atoms with Gasteiger partial charge in [0.2, 0.25) is 0 Å². The SMILES string of the molecule is CO.CO.O.O=C(O)CCC(=O)OCCN1C(=O)C=CC1=O.O=C1C=CC(=O)N1CCO.O=C1CCC(=O)O1.[CH2-][C@@H]1CCCC[C@H]1[NH-].[CH2-][C@@H]1CCCC[C@H]1[NH-].[Cl][Pt+2][Cl].[Cl][Pt+2][Cl]. The molecule has 61 heavy (non-hydrogen) atoms. The summed E-state index contributed by atoms with van der Waals surface area (Å²) in [6, 6.07) is 0.285. The van der Waals surface area contributed by atoms with Gasteiger partial charge in [0.15, 0.2) is 0 Å². The molecule has 4 atom stereocenters. The number of amides is 4. The molecule has 0 spiro atoms. The number of carbonyl (C=O) groups excluding carboxylic acids is 7. The number of ether oxygens (including phenoxy) is 2. The van der Waals surface area contributed by atoms with E-state index in [4.69, 9.17) is 69.6 Å². The predicted octanol–water partition coefficient (Wildman–Crippen LogP) is 4.08. The minimum atomic E-state index is -1.09. The Morgan fingerprint density at radius 2 is 1.03 bits per heavy atom. The van der Waals surface area contributed by atoms with Crippen LogP contribution < -0.4 is 0 Å². The van der Waals surface area contributed by atoms with Crippen molar-refractivity contribution in [2.45, 2.75) is 89.1 Å². The van der Waals surface area contributed by atoms with Crippen molar-refractivity contribution >= 4 is 85.2 Å². The first-order chi connectivity index (χ1) is 28.5. The van der Waals surface area contributed by atoms with Gasteiger partial charge in [-0.25, -0.2) is 0 Å². The van der Waals surface area contributed by atoms with Crippen LogP contribution in [0, 0.1) is 25.7 Å². The standard InChI is InChI=1S/C10H11NO6.2C7H13N.C6H7NO3.C4H4O3.2CH4O.4ClH.H2O.2Pt/c12-7-1-2-8(13)11(7)5-6-17-10(16)4-3-9(14)15;2*1-6-4-2-3-5-7(6)8;8-4-3-7-5(9)1-2-6(7)10;5-3-1-2-4(6)7-3;2*1-2;;;;;;;/h1-2H,3-6H2,(H,14,15);2*6-8H,1-5H2;1-2,8H,3-4H2;1-2H2;2*2H,1H3;4*1H;1H2;;/q;2*-2;;;;;;;;;;2*+4/p-4/t;2*6-,7-;;;;;;;;;;;/m.11.........../s1. The van der Waals surface area contributed by atoms with E-state index in [1.165, 1.54) is 50.7 Å². The second kappa shape index (κ2) is 46.1. The van der Waals surface area contributed by atoms with Gasteiger partial charge in [-0.1, -0.05) is 51.4 Å². The summed E-state index contributed by atoms with van der Waals surface area (Å²) in [5, 5.41) is 30.7. The Bertz CT molecular complexity index is 1230. The fourth-order valence-electron chi connectivity index (χ4n) is 4.78. The molecule has 0 aromatic carbocycles. The van der Waals surface area contributed by atoms with Gasteiger partial charge in [0.05, 0.1) is 45.4 Å². The number of nitrogens with zero attached hydrogens (tertiary/aromatic N) is 2. The van der Waals surface area contributed by atoms with Crippen molar-refractivity contribution in [1.29, 1.82) is 0 Å². The number of nitrogens with one attached hydrogen (secondary N) is 2. The van der Waals surface area contributed by atoms with E-state index < -0.39 is 68.7 Å². The summed E-state index contributed by atoms with van der Waals surface area (Å²) in [7, 11) is 21.5. The third-order valence-corrected chi connectivity index (χ3v) is 7.82. The van der Waals surface area contributed by atoms with Gasteiger partial charge in [0.1, 0.15) is 6.61 Å². The normalized spacial score (nSPS) is 20.4. The minimum absolute atomic E-state index is 0. The number of halogens is 4. The third-order valence-electron chi connectivity index (χ3n) is 7.82. The third kappa shape index (κ3) is 38.3. The number of cyclic esters (lactones) is 2. The molecule has 0 aromatic rings. The van der Waals surface area contributed by atoms with Crippen molar-refractivity contribution < 1.29 is 107 Å². The molecule has 1 saturated heterocycles. The molecule has 0 aromatic heterocycles. The van der Waals surface area contributed by atoms with E-state index in [1.54, 1.807) is 0 Å². The fraction of sp³-hybridized carbons (Fsp3) is 0.611. The first-order valence-corrected chi connectivity index (χ1v) is 29.2. The molecule has 4 amide bonds. The Morgan fingerprint density at radius 1 is 0.705 bits per heavy atom. The maximum absolute atomic E-state index is 11.1. The number of aliphatic hydroxyl groups excluding tert-OH is 3. The van der Waals surface area contributed by atoms with Gasteiger partial charge < -0.3 is 60.7 Å². The van der Waals surface area contributed by atoms with Crippen molar-refractivity contribution in [3.63, 3.8) is 0 Å². The number of aliphatic hydroxyl groups is 3. The molecular formula is C36H58Cl4N4O15Pt2. The van der Waals surface area contributed by atoms with E-state index in [0.717, 1.165) is 49.0 Å². The van der Waals surface area contributed by atoms with Crippen LogP contribution in [-0.4, -0.2) is 136 Å². The zero-order chi connectivity index (χ0) is 47.1. The number of carbonyl (C=O) groups is 8. The molecule has 5 rings (SSSR count). The molecule has 360 valence electrons. The molecule has 0 radical (unpaired) electrons. The number of imide groups is 2. The molecule has 19 nitrogen and oxygen atoms in total. The summed E-state index contributed by atoms with van der Waals surface area (Å²) in [6.07, 6.45) is 14.2. The Morgan fingerprint density at radius 3 is 1.28 bits per heavy atom. The number of carboxylic acid groups (broad SMARTS) is 1. The summed E-state index contributed by atoms with van der Waals surface area (Å²) in [5.41, 5.74) is 14.8. The molecule has 2 saturated carbocycles. The average Bonchev–Trinajstić information content (AvgIpc) is 3.88. The molecule has 3 aliphatic heterocycles. The predicted molar refractivity (Wildman–Crippen MR) is 221 cm³/mol. The van der Waals surface area contributed by atoms with E-state index in [9.17, 15) is 38.4 Å². The Kier molecular flexibility index (Phi) is 51.6. The van der Waals surface area contributed by atoms with Gasteiger partial charge in [0, 0.05) is 38.5 Å². The maximum atomic E-state index is 11.1. The van der Waals surface area contributed by atoms with Crippen LogP contribution in [0.2, 0.25) is 0 Å². The number of hydrogen-bond acceptors (Lipinski definition) is 13. The Balaban J connectivity index is -0.000000208. The Hall–Kier alpha value is -1.86. The van der Waals surface area contributed by atoms with Gasteiger partial charge in [0.25, 0.3) is 23.6 Å². The van der Waals surface area contributed by atoms with Crippen LogP contribution in [-0.2, 0) is 80.8 Å². The van der Waals surface area contributed by atoms with E-state index in [1.807, 2.05) is 0 Å². The molecule has 5 aliphatic rings. The molecule has 0 bridgehead atoms. The van der Waals surface area contributed by atoms with Crippen LogP contribution in [0.3, 0.4) is 0 Å². The second-order valence-electron chi connectivity index (χ2n) is 11.9. The zero-order valence-corrected chi connectivity index (χ0v) is 41.3. The molecule has 25 heteroatoms. The number of hydrogen-bond donors (Lipinski definition) is 4. The zero-order valence-electron chi connectivity index (χ0n) is 33.8. The van der Waals surface area contributed by atoms with Crippen molar-refractivity contribution in [3.05, 3.63) is 49.6 Å². The number of aliphatic carboxylic acids is 1. The van der Waals surface area contributed by atoms with E-state index in [0.29, 0.717) is 11.8 Å². The molecule has 0 unspecified atom stereocenters. The number of β-amino-alcohol motifs (C(OH)–C–C–N with tert-alkyl or cyclic N) is 1. The quantitative estimate of drug-likeness (QED) is 0.115. The molecule has 3 heterocycles. The van der Waals surface area contributed by atoms with Crippen LogP contribution in [0.1, 0.15) is 77.0 Å². The number of rotatable bonds is 8. The molecule has 8 N–H and O–H groups in total. The topological polar surface area (TPSA) is 322 Å². The average molecular weight is 1320 g/mol. The summed E-state index contributed by atoms with van der Waals surface area (Å²) >= 11 is -0.944. The monoisotopic (exact) mass is 1320 g/mol. The van der Waals surface area contributed by atoms with Crippen molar-refractivity contribution in [2.24, 2.45) is 11.8 Å². The van der Waals surface area contributed by atoms with Gasteiger partial charge >= 0.3 is 94.5 Å². The van der Waals surface area contributed by atoms with Gasteiger partial charge in [-0.05, 0) is 0 Å². The van der Waals surface area contributed by atoms with E-state index >= 15 is 0 Å². The first-order valence-electron chi connectivity index (χ1n) is 17.9. The van der Waals surface area contributed by atoms with Crippen LogP contribution in [0.25, 0.3) is 11.5 Å². The van der Waals surface area contributed by atoms with Gasteiger partial charge in [-0.2, -0.15) is 23.9 Å². The van der Waals surface area contributed by atoms with E-state index in [2.05, 4.69) is 23.3 Å². The summed E-state index contributed by atoms with van der Waals surface area (Å²) < 4.78 is 8.76. The summed E-state index contributed by atoms with van der Waals surface area (Å²) in [4.78, 5) is 86.6. The first kappa shape index (κ1) is 68.2. The molecule has 3 fully saturated rings. The van der Waals surface area contributed by atoms with Crippen molar-refractivity contribution in [3.8, 4) is 0 Å². The van der Waals surface area contributed by atoms with Crippen LogP contribution >= 0.6 is 37.7 Å². The van der Waals surface area contributed by atoms with Crippen LogP contribution in [0.5, 0.6) is 0 Å². The molecular weight excluding hydrogens is 1260 g/mol. The Labute approximate surface area is 390 Å². The van der Waals surface area contributed by atoms with Crippen LogP contribution in [0.15, 0.2) is 24.3 Å². The summed E-state index contributed by atoms with van der Waals surface area (Å²) in [6.45, 7) is 7.54. The van der Waals surface area contributed by atoms with E-state index in [-0.39, 0.29) is 81.4 Å². The van der Waals surface area contributed by atoms with Gasteiger partial charge in [-0.3, -0.25) is 48.2 Å². The summed E-state index contributed by atoms with van der Waals surface area (Å²) in [5.74, 6) is -3.30. The number of carboxylic acids is 1. The van der Waals surface area contributed by atoms with Crippen molar-refractivity contribution in [2.75, 3.05) is 40.5 Å². The fourth-order valence-corrected chi connectivity index (χ4v) is 4.78. The van der Waals surface area contributed by atoms with Crippen LogP contribution in [0.4, 0.5) is 0 Å². The van der Waals surface area contributed by atoms with Gasteiger partial charge in [-0.15, -0.1) is 0 Å². The number of esters is 3. The second-order valence-corrected chi connectivity index (χ2v) is 18.5.